The lowest BCUT2D eigenvalue weighted by Crippen LogP contribution is -2.35. The van der Waals surface area contributed by atoms with Gasteiger partial charge in [-0.3, -0.25) is 4.79 Å². The molecule has 4 aromatic rings. The molecule has 0 heterocycles. The lowest BCUT2D eigenvalue weighted by atomic mass is 9.82. The van der Waals surface area contributed by atoms with E-state index in [1.807, 2.05) is 66.7 Å². The number of carbonyl (C=O) groups is 1. The van der Waals surface area contributed by atoms with Crippen molar-refractivity contribution in [1.82, 2.24) is 4.72 Å². The van der Waals surface area contributed by atoms with Crippen LogP contribution >= 0.6 is 0 Å². The molecule has 32 heavy (non-hydrogen) atoms. The molecule has 0 radical (unpaired) electrons. The maximum Gasteiger partial charge on any atom is 0.241 e. The Labute approximate surface area is 188 Å². The van der Waals surface area contributed by atoms with Gasteiger partial charge in [-0.15, -0.1) is 0 Å². The molecule has 2 atom stereocenters. The quantitative estimate of drug-likeness (QED) is 0.374. The molecule has 5 heteroatoms. The minimum absolute atomic E-state index is 0.151. The van der Waals surface area contributed by atoms with Crippen LogP contribution in [0.3, 0.4) is 0 Å². The van der Waals surface area contributed by atoms with E-state index in [4.69, 9.17) is 0 Å². The van der Waals surface area contributed by atoms with Gasteiger partial charge in [0.05, 0.1) is 16.9 Å². The second-order valence-electron chi connectivity index (χ2n) is 7.44. The van der Waals surface area contributed by atoms with Gasteiger partial charge in [-0.05, 0) is 23.3 Å². The van der Waals surface area contributed by atoms with Crippen molar-refractivity contribution in [3.63, 3.8) is 0 Å². The first-order valence-electron chi connectivity index (χ1n) is 10.3. The molecule has 0 spiro atoms. The van der Waals surface area contributed by atoms with Crippen molar-refractivity contribution < 1.29 is 13.2 Å². The van der Waals surface area contributed by atoms with Gasteiger partial charge >= 0.3 is 0 Å². The van der Waals surface area contributed by atoms with Gasteiger partial charge in [-0.2, -0.15) is 0 Å². The summed E-state index contributed by atoms with van der Waals surface area (Å²) in [5, 5.41) is 0. The Morgan fingerprint density at radius 3 is 1.56 bits per heavy atom. The molecule has 0 saturated carbocycles. The average molecular weight is 442 g/mol. The highest BCUT2D eigenvalue weighted by atomic mass is 32.2. The number of nitrogens with one attached hydrogen (secondary N) is 1. The number of sulfonamides is 1. The van der Waals surface area contributed by atoms with Gasteiger partial charge < -0.3 is 0 Å². The lowest BCUT2D eigenvalue weighted by molar-refractivity contribution is 0.0944. The van der Waals surface area contributed by atoms with Gasteiger partial charge in [0, 0.05) is 5.56 Å². The third-order valence-electron chi connectivity index (χ3n) is 5.33. The Hall–Kier alpha value is -3.54. The number of ketones is 1. The molecule has 4 rings (SSSR count). The molecule has 0 fully saturated rings. The van der Waals surface area contributed by atoms with Gasteiger partial charge in [0.2, 0.25) is 10.0 Å². The fourth-order valence-electron chi connectivity index (χ4n) is 3.76. The summed E-state index contributed by atoms with van der Waals surface area (Å²) in [5.74, 6) is -0.902. The third-order valence-corrected chi connectivity index (χ3v) is 6.78. The van der Waals surface area contributed by atoms with Gasteiger partial charge in [-0.1, -0.05) is 109 Å². The van der Waals surface area contributed by atoms with E-state index in [2.05, 4.69) is 4.72 Å². The predicted octanol–water partition coefficient (Wildman–Crippen LogP) is 5.37. The van der Waals surface area contributed by atoms with Crippen molar-refractivity contribution in [1.29, 1.82) is 0 Å². The molecule has 2 unspecified atom stereocenters. The molecular weight excluding hydrogens is 418 g/mol. The maximum atomic E-state index is 13.7. The minimum Gasteiger partial charge on any atom is -0.293 e. The second-order valence-corrected chi connectivity index (χ2v) is 9.16. The zero-order valence-electron chi connectivity index (χ0n) is 17.3. The second kappa shape index (κ2) is 9.73. The largest absolute Gasteiger partial charge is 0.293 e. The molecule has 0 aliphatic heterocycles. The van der Waals surface area contributed by atoms with E-state index < -0.39 is 22.0 Å². The van der Waals surface area contributed by atoms with Crippen LogP contribution in [-0.4, -0.2) is 14.2 Å². The number of Topliss-reactive ketones (excluding diaryl/α,β-unsaturated/α-hetero) is 1. The monoisotopic (exact) mass is 441 g/mol. The summed E-state index contributed by atoms with van der Waals surface area (Å²) in [6.07, 6.45) is 0. The number of hydrogen-bond donors (Lipinski definition) is 1. The van der Waals surface area contributed by atoms with Gasteiger partial charge in [0.1, 0.15) is 0 Å². The predicted molar refractivity (Wildman–Crippen MR) is 126 cm³/mol. The van der Waals surface area contributed by atoms with Gasteiger partial charge in [0.25, 0.3) is 0 Å². The Morgan fingerprint density at radius 1 is 0.594 bits per heavy atom. The van der Waals surface area contributed by atoms with Crippen molar-refractivity contribution in [2.24, 2.45) is 0 Å². The summed E-state index contributed by atoms with van der Waals surface area (Å²) in [7, 11) is -3.88. The van der Waals surface area contributed by atoms with Crippen LogP contribution in [0, 0.1) is 0 Å². The topological polar surface area (TPSA) is 63.2 Å². The Kier molecular flexibility index (Phi) is 6.59. The molecule has 0 bridgehead atoms. The van der Waals surface area contributed by atoms with Crippen LogP contribution in [0.5, 0.6) is 0 Å². The van der Waals surface area contributed by atoms with Crippen LogP contribution in [0.25, 0.3) is 0 Å². The summed E-state index contributed by atoms with van der Waals surface area (Å²) in [6.45, 7) is 0. The summed E-state index contributed by atoms with van der Waals surface area (Å²) < 4.78 is 29.4. The van der Waals surface area contributed by atoms with E-state index in [0.29, 0.717) is 11.1 Å². The molecule has 0 saturated heterocycles. The SMILES string of the molecule is O=C(c1ccccc1)C(c1ccccc1)C(NS(=O)(=O)c1ccccc1)c1ccccc1. The first-order valence-corrected chi connectivity index (χ1v) is 11.8. The van der Waals surface area contributed by atoms with E-state index >= 15 is 0 Å². The van der Waals surface area contributed by atoms with Crippen molar-refractivity contribution in [2.75, 3.05) is 0 Å². The first kappa shape index (κ1) is 21.7. The highest BCUT2D eigenvalue weighted by Gasteiger charge is 2.35. The van der Waals surface area contributed by atoms with Gasteiger partial charge in [-0.25, -0.2) is 13.1 Å². The van der Waals surface area contributed by atoms with Crippen LogP contribution in [0.2, 0.25) is 0 Å². The fourth-order valence-corrected chi connectivity index (χ4v) is 5.02. The zero-order valence-corrected chi connectivity index (χ0v) is 18.2. The summed E-state index contributed by atoms with van der Waals surface area (Å²) in [6, 6.07) is 34.9. The van der Waals surface area contributed by atoms with Crippen LogP contribution in [-0.2, 0) is 10.0 Å². The Bertz CT molecular complexity index is 1260. The molecule has 0 aliphatic rings. The van der Waals surface area contributed by atoms with E-state index in [1.54, 1.807) is 54.6 Å². The summed E-state index contributed by atoms with van der Waals surface area (Å²) in [4.78, 5) is 13.9. The van der Waals surface area contributed by atoms with E-state index in [-0.39, 0.29) is 10.7 Å². The van der Waals surface area contributed by atoms with Gasteiger partial charge in [0.15, 0.2) is 5.78 Å². The van der Waals surface area contributed by atoms with E-state index in [9.17, 15) is 13.2 Å². The van der Waals surface area contributed by atoms with Crippen molar-refractivity contribution in [3.05, 3.63) is 138 Å². The Balaban J connectivity index is 1.85. The van der Waals surface area contributed by atoms with Crippen LogP contribution in [0.1, 0.15) is 33.4 Å². The molecule has 1 N–H and O–H groups in total. The van der Waals surface area contributed by atoms with Crippen molar-refractivity contribution >= 4 is 15.8 Å². The first-order chi connectivity index (χ1) is 15.6. The molecular formula is C27H23NO3S. The summed E-state index contributed by atoms with van der Waals surface area (Å²) in [5.41, 5.74) is 1.98. The maximum absolute atomic E-state index is 13.7. The molecule has 4 aromatic carbocycles. The molecule has 4 nitrogen and oxygen atoms in total. The number of benzene rings is 4. The number of hydrogen-bond acceptors (Lipinski definition) is 3. The average Bonchev–Trinajstić information content (AvgIpc) is 2.86. The molecule has 0 aliphatic carbocycles. The number of carbonyl (C=O) groups excluding carboxylic acids is 1. The highest BCUT2D eigenvalue weighted by molar-refractivity contribution is 7.89. The van der Waals surface area contributed by atoms with Crippen LogP contribution in [0.4, 0.5) is 0 Å². The lowest BCUT2D eigenvalue weighted by Gasteiger charge is -2.28. The zero-order chi connectivity index (χ0) is 22.4. The van der Waals surface area contributed by atoms with E-state index in [1.165, 1.54) is 0 Å². The fraction of sp³-hybridized carbons (Fsp3) is 0.0741. The molecule has 160 valence electrons. The van der Waals surface area contributed by atoms with Crippen LogP contribution < -0.4 is 4.72 Å². The highest BCUT2D eigenvalue weighted by Crippen LogP contribution is 2.35. The smallest absolute Gasteiger partial charge is 0.241 e. The molecule has 0 amide bonds. The van der Waals surface area contributed by atoms with E-state index in [0.717, 1.165) is 5.56 Å². The minimum atomic E-state index is -3.88. The van der Waals surface area contributed by atoms with Crippen molar-refractivity contribution in [3.8, 4) is 0 Å². The standard InChI is InChI=1S/C27H23NO3S/c29-27(23-17-9-3-10-18-23)25(21-13-5-1-6-14-21)26(22-15-7-2-8-16-22)28-32(30,31)24-19-11-4-12-20-24/h1-20,25-26,28H. The third kappa shape index (κ3) is 4.85. The van der Waals surface area contributed by atoms with Crippen molar-refractivity contribution in [2.45, 2.75) is 16.9 Å². The van der Waals surface area contributed by atoms with Crippen LogP contribution in [0.15, 0.2) is 126 Å². The number of rotatable bonds is 8. The normalized spacial score (nSPS) is 13.2. The molecule has 0 aromatic heterocycles. The summed E-state index contributed by atoms with van der Waals surface area (Å²) >= 11 is 0. The Morgan fingerprint density at radius 2 is 1.03 bits per heavy atom.